The molecule has 0 radical (unpaired) electrons. The molecule has 0 atom stereocenters. The van der Waals surface area contributed by atoms with Crippen LogP contribution in [0.5, 0.6) is 0 Å². The second-order valence-electron chi connectivity index (χ2n) is 5.51. The first-order valence-electron chi connectivity index (χ1n) is 7.09. The van der Waals surface area contributed by atoms with Gasteiger partial charge in [0.1, 0.15) is 17.2 Å². The Morgan fingerprint density at radius 2 is 2.00 bits per heavy atom. The normalized spacial score (nSPS) is 16.4. The molecule has 1 heterocycles. The molecule has 0 saturated heterocycles. The van der Waals surface area contributed by atoms with Crippen LogP contribution in [0, 0.1) is 17.6 Å². The predicted molar refractivity (Wildman–Crippen MR) is 75.8 cm³/mol. The van der Waals surface area contributed by atoms with Crippen LogP contribution in [0.25, 0.3) is 11.0 Å². The van der Waals surface area contributed by atoms with Gasteiger partial charge in [0, 0.05) is 12.6 Å². The van der Waals surface area contributed by atoms with E-state index in [1.54, 1.807) is 0 Å². The lowest BCUT2D eigenvalue weighted by molar-refractivity contribution is 0.458. The minimum absolute atomic E-state index is 0.209. The first-order chi connectivity index (χ1) is 9.69. The average molecular weight is 299 g/mol. The summed E-state index contributed by atoms with van der Waals surface area (Å²) in [6.07, 6.45) is 6.12. The Morgan fingerprint density at radius 1 is 1.25 bits per heavy atom. The number of fused-ring (bicyclic) bond motifs is 1. The lowest BCUT2D eigenvalue weighted by Gasteiger charge is -2.12. The molecule has 1 aromatic heterocycles. The molecule has 0 aliphatic heterocycles. The van der Waals surface area contributed by atoms with Gasteiger partial charge in [0.15, 0.2) is 5.82 Å². The molecule has 5 heteroatoms. The van der Waals surface area contributed by atoms with Gasteiger partial charge in [-0.2, -0.15) is 0 Å². The number of hydrogen-bond acceptors (Lipinski definition) is 1. The first-order valence-corrected chi connectivity index (χ1v) is 7.62. The quantitative estimate of drug-likeness (QED) is 0.752. The summed E-state index contributed by atoms with van der Waals surface area (Å²) in [4.78, 5) is 4.21. The molecule has 1 aliphatic rings. The number of aromatic nitrogens is 2. The van der Waals surface area contributed by atoms with Crippen LogP contribution in [0.2, 0.25) is 0 Å². The number of alkyl halides is 1. The lowest BCUT2D eigenvalue weighted by Crippen LogP contribution is -2.06. The van der Waals surface area contributed by atoms with E-state index in [0.29, 0.717) is 17.3 Å². The van der Waals surface area contributed by atoms with Gasteiger partial charge in [-0.1, -0.05) is 25.7 Å². The van der Waals surface area contributed by atoms with Crippen molar-refractivity contribution in [3.8, 4) is 0 Å². The second-order valence-corrected chi connectivity index (χ2v) is 5.78. The number of imidazole rings is 1. The summed E-state index contributed by atoms with van der Waals surface area (Å²) in [5, 5.41) is 0. The SMILES string of the molecule is Fc1cc(F)c2nc(CCl)n(CCC3CCCC3)c2c1. The highest BCUT2D eigenvalue weighted by molar-refractivity contribution is 6.16. The average Bonchev–Trinajstić information content (AvgIpc) is 3.03. The van der Waals surface area contributed by atoms with E-state index in [1.165, 1.54) is 31.7 Å². The van der Waals surface area contributed by atoms with Crippen molar-refractivity contribution in [3.63, 3.8) is 0 Å². The van der Waals surface area contributed by atoms with Gasteiger partial charge in [0.2, 0.25) is 0 Å². The summed E-state index contributed by atoms with van der Waals surface area (Å²) in [6.45, 7) is 0.728. The van der Waals surface area contributed by atoms with Crippen LogP contribution in [-0.4, -0.2) is 9.55 Å². The molecule has 0 bridgehead atoms. The largest absolute Gasteiger partial charge is 0.327 e. The van der Waals surface area contributed by atoms with Gasteiger partial charge in [0.25, 0.3) is 0 Å². The van der Waals surface area contributed by atoms with E-state index >= 15 is 0 Å². The lowest BCUT2D eigenvalue weighted by atomic mass is 10.0. The maximum Gasteiger partial charge on any atom is 0.153 e. The highest BCUT2D eigenvalue weighted by Crippen LogP contribution is 2.29. The summed E-state index contributed by atoms with van der Waals surface area (Å²) in [5.41, 5.74) is 0.726. The predicted octanol–water partition coefficient (Wildman–Crippen LogP) is 4.63. The van der Waals surface area contributed by atoms with Crippen LogP contribution >= 0.6 is 11.6 Å². The molecule has 0 unspecified atom stereocenters. The summed E-state index contributed by atoms with van der Waals surface area (Å²) in [6, 6.07) is 2.21. The molecule has 0 amide bonds. The van der Waals surface area contributed by atoms with E-state index in [1.807, 2.05) is 4.57 Å². The van der Waals surface area contributed by atoms with Crippen molar-refractivity contribution in [3.05, 3.63) is 29.6 Å². The fourth-order valence-corrected chi connectivity index (χ4v) is 3.36. The van der Waals surface area contributed by atoms with Gasteiger partial charge >= 0.3 is 0 Å². The number of halogens is 3. The highest BCUT2D eigenvalue weighted by Gasteiger charge is 2.18. The molecule has 0 spiro atoms. The van der Waals surface area contributed by atoms with E-state index in [9.17, 15) is 8.78 Å². The summed E-state index contributed by atoms with van der Waals surface area (Å²) in [7, 11) is 0. The molecule has 1 fully saturated rings. The third-order valence-electron chi connectivity index (χ3n) is 4.21. The highest BCUT2D eigenvalue weighted by atomic mass is 35.5. The maximum atomic E-state index is 13.8. The zero-order valence-corrected chi connectivity index (χ0v) is 12.0. The summed E-state index contributed by atoms with van der Waals surface area (Å²) in [5.74, 6) is 0.350. The van der Waals surface area contributed by atoms with Crippen LogP contribution in [-0.2, 0) is 12.4 Å². The number of aryl methyl sites for hydroxylation is 1. The number of benzene rings is 1. The topological polar surface area (TPSA) is 17.8 Å². The van der Waals surface area contributed by atoms with Crippen molar-refractivity contribution in [2.24, 2.45) is 5.92 Å². The monoisotopic (exact) mass is 298 g/mol. The number of hydrogen-bond donors (Lipinski definition) is 0. The Balaban J connectivity index is 1.94. The molecule has 1 saturated carbocycles. The number of nitrogens with zero attached hydrogens (tertiary/aromatic N) is 2. The molecule has 2 nitrogen and oxygen atoms in total. The zero-order chi connectivity index (χ0) is 14.1. The van der Waals surface area contributed by atoms with Crippen molar-refractivity contribution in [2.75, 3.05) is 0 Å². The number of rotatable bonds is 4. The fourth-order valence-electron chi connectivity index (χ4n) is 3.16. The maximum absolute atomic E-state index is 13.8. The molecule has 0 N–H and O–H groups in total. The standard InChI is InChI=1S/C15H17ClF2N2/c16-9-14-19-15-12(18)7-11(17)8-13(15)20(14)6-5-10-3-1-2-4-10/h7-8,10H,1-6,9H2. The Morgan fingerprint density at radius 3 is 2.70 bits per heavy atom. The van der Waals surface area contributed by atoms with E-state index < -0.39 is 11.6 Å². The van der Waals surface area contributed by atoms with Crippen LogP contribution in [0.1, 0.15) is 37.9 Å². The van der Waals surface area contributed by atoms with Crippen molar-refractivity contribution in [1.82, 2.24) is 9.55 Å². The van der Waals surface area contributed by atoms with Crippen molar-refractivity contribution in [1.29, 1.82) is 0 Å². The van der Waals surface area contributed by atoms with Crippen LogP contribution < -0.4 is 0 Å². The third-order valence-corrected chi connectivity index (χ3v) is 4.45. The van der Waals surface area contributed by atoms with Crippen LogP contribution in [0.3, 0.4) is 0 Å². The van der Waals surface area contributed by atoms with E-state index in [-0.39, 0.29) is 11.4 Å². The van der Waals surface area contributed by atoms with Gasteiger partial charge in [-0.3, -0.25) is 0 Å². The molecular weight excluding hydrogens is 282 g/mol. The third kappa shape index (κ3) is 2.53. The minimum Gasteiger partial charge on any atom is -0.327 e. The summed E-state index contributed by atoms with van der Waals surface area (Å²) >= 11 is 5.89. The molecule has 20 heavy (non-hydrogen) atoms. The van der Waals surface area contributed by atoms with Crippen molar-refractivity contribution in [2.45, 2.75) is 44.5 Å². The van der Waals surface area contributed by atoms with Gasteiger partial charge < -0.3 is 4.57 Å². The fraction of sp³-hybridized carbons (Fsp3) is 0.533. The van der Waals surface area contributed by atoms with Gasteiger partial charge in [0.05, 0.1) is 11.4 Å². The molecule has 2 aromatic rings. The Kier molecular flexibility index (Phi) is 3.92. The first kappa shape index (κ1) is 13.8. The molecule has 108 valence electrons. The smallest absolute Gasteiger partial charge is 0.153 e. The Hall–Kier alpha value is -1.16. The molecular formula is C15H17ClF2N2. The van der Waals surface area contributed by atoms with E-state index in [0.717, 1.165) is 19.0 Å². The van der Waals surface area contributed by atoms with Crippen LogP contribution in [0.4, 0.5) is 8.78 Å². The van der Waals surface area contributed by atoms with Crippen molar-refractivity contribution >= 4 is 22.6 Å². The van der Waals surface area contributed by atoms with Crippen molar-refractivity contribution < 1.29 is 8.78 Å². The molecule has 3 rings (SSSR count). The second kappa shape index (κ2) is 5.68. The Labute approximate surface area is 121 Å². The zero-order valence-electron chi connectivity index (χ0n) is 11.2. The molecule has 1 aliphatic carbocycles. The molecule has 1 aromatic carbocycles. The van der Waals surface area contributed by atoms with Gasteiger partial charge in [-0.05, 0) is 18.4 Å². The van der Waals surface area contributed by atoms with E-state index in [4.69, 9.17) is 11.6 Å². The van der Waals surface area contributed by atoms with Gasteiger partial charge in [-0.25, -0.2) is 13.8 Å². The van der Waals surface area contributed by atoms with Crippen LogP contribution in [0.15, 0.2) is 12.1 Å². The van der Waals surface area contributed by atoms with Gasteiger partial charge in [-0.15, -0.1) is 11.6 Å². The Bertz CT molecular complexity index is 618. The summed E-state index contributed by atoms with van der Waals surface area (Å²) < 4.78 is 29.0. The van der Waals surface area contributed by atoms with E-state index in [2.05, 4.69) is 4.98 Å². The minimum atomic E-state index is -0.619.